The van der Waals surface area contributed by atoms with Crippen LogP contribution in [-0.4, -0.2) is 15.7 Å². The zero-order chi connectivity index (χ0) is 18.5. The molecule has 136 valence electrons. The second-order valence-corrected chi connectivity index (χ2v) is 6.23. The van der Waals surface area contributed by atoms with Gasteiger partial charge in [-0.15, -0.1) is 0 Å². The molecule has 0 atom stereocenters. The third-order valence-corrected chi connectivity index (χ3v) is 4.17. The zero-order valence-corrected chi connectivity index (χ0v) is 15.4. The summed E-state index contributed by atoms with van der Waals surface area (Å²) in [5.41, 5.74) is 1.87. The molecule has 0 aliphatic carbocycles. The van der Waals surface area contributed by atoms with Gasteiger partial charge in [-0.05, 0) is 37.6 Å². The van der Waals surface area contributed by atoms with Crippen LogP contribution in [0.3, 0.4) is 0 Å². The molecule has 1 aromatic carbocycles. The normalized spacial score (nSPS) is 10.7. The second-order valence-electron chi connectivity index (χ2n) is 5.83. The average molecular weight is 374 g/mol. The van der Waals surface area contributed by atoms with E-state index in [9.17, 15) is 4.79 Å². The first-order valence-electron chi connectivity index (χ1n) is 8.33. The van der Waals surface area contributed by atoms with Gasteiger partial charge in [0.05, 0.1) is 11.2 Å². The van der Waals surface area contributed by atoms with E-state index >= 15 is 0 Å². The molecule has 26 heavy (non-hydrogen) atoms. The number of hydrogen-bond donors (Lipinski definition) is 1. The van der Waals surface area contributed by atoms with Crippen LogP contribution in [0.15, 0.2) is 47.1 Å². The molecular weight excluding hydrogens is 354 g/mol. The van der Waals surface area contributed by atoms with Crippen LogP contribution < -0.4 is 10.1 Å². The second kappa shape index (κ2) is 8.10. The number of nitrogens with one attached hydrogen (secondary N) is 1. The molecule has 1 amide bonds. The number of furan rings is 1. The van der Waals surface area contributed by atoms with Gasteiger partial charge in [-0.1, -0.05) is 23.7 Å². The molecular formula is C19H20ClN3O3. The minimum atomic E-state index is -0.283. The summed E-state index contributed by atoms with van der Waals surface area (Å²) in [5.74, 6) is 1.12. The van der Waals surface area contributed by atoms with Crippen LogP contribution in [0.1, 0.15) is 34.4 Å². The lowest BCUT2D eigenvalue weighted by molar-refractivity contribution is 0.0919. The van der Waals surface area contributed by atoms with Gasteiger partial charge in [-0.3, -0.25) is 9.48 Å². The molecule has 6 nitrogen and oxygen atoms in total. The summed E-state index contributed by atoms with van der Waals surface area (Å²) < 4.78 is 13.1. The van der Waals surface area contributed by atoms with Gasteiger partial charge in [0.1, 0.15) is 18.1 Å². The standard InChI is InChI=1S/C19H20ClN3O3/c1-3-23-11-14(10-22-23)9-21-19(24)17-8-7-15(26-17)12-25-18-13(2)5-4-6-16(18)20/h4-8,10-11H,3,9,12H2,1-2H3,(H,21,24). The summed E-state index contributed by atoms with van der Waals surface area (Å²) in [6.07, 6.45) is 3.63. The number of carbonyl (C=O) groups excluding carboxylic acids is 1. The summed E-state index contributed by atoms with van der Waals surface area (Å²) in [4.78, 5) is 12.2. The first kappa shape index (κ1) is 18.1. The summed E-state index contributed by atoms with van der Waals surface area (Å²) in [6, 6.07) is 8.90. The van der Waals surface area contributed by atoms with Gasteiger partial charge in [0.15, 0.2) is 5.76 Å². The minimum absolute atomic E-state index is 0.196. The molecule has 0 saturated carbocycles. The SMILES string of the molecule is CCn1cc(CNC(=O)c2ccc(COc3c(C)cccc3Cl)o2)cn1. The van der Waals surface area contributed by atoms with E-state index in [4.69, 9.17) is 20.8 Å². The van der Waals surface area contributed by atoms with Crippen LogP contribution in [0.2, 0.25) is 5.02 Å². The van der Waals surface area contributed by atoms with E-state index < -0.39 is 0 Å². The number of ether oxygens (including phenoxy) is 1. The third kappa shape index (κ3) is 4.26. The first-order valence-corrected chi connectivity index (χ1v) is 8.70. The topological polar surface area (TPSA) is 69.3 Å². The van der Waals surface area contributed by atoms with Crippen LogP contribution in [0.25, 0.3) is 0 Å². The maximum absolute atomic E-state index is 12.2. The first-order chi connectivity index (χ1) is 12.6. The molecule has 7 heteroatoms. The van der Waals surface area contributed by atoms with Crippen molar-refractivity contribution in [1.82, 2.24) is 15.1 Å². The van der Waals surface area contributed by atoms with Crippen LogP contribution in [0.4, 0.5) is 0 Å². The lowest BCUT2D eigenvalue weighted by atomic mass is 10.2. The van der Waals surface area contributed by atoms with Crippen LogP contribution in [-0.2, 0) is 19.7 Å². The van der Waals surface area contributed by atoms with E-state index in [0.29, 0.717) is 23.1 Å². The Hall–Kier alpha value is -2.73. The van der Waals surface area contributed by atoms with E-state index in [1.807, 2.05) is 32.2 Å². The fourth-order valence-electron chi connectivity index (χ4n) is 2.46. The van der Waals surface area contributed by atoms with Crippen molar-refractivity contribution in [2.45, 2.75) is 33.5 Å². The van der Waals surface area contributed by atoms with Gasteiger partial charge < -0.3 is 14.5 Å². The Morgan fingerprint density at radius 1 is 1.35 bits per heavy atom. The highest BCUT2D eigenvalue weighted by molar-refractivity contribution is 6.32. The number of halogens is 1. The number of aryl methyl sites for hydroxylation is 2. The highest BCUT2D eigenvalue weighted by atomic mass is 35.5. The van der Waals surface area contributed by atoms with Gasteiger partial charge in [-0.25, -0.2) is 0 Å². The molecule has 0 bridgehead atoms. The number of nitrogens with zero attached hydrogens (tertiary/aromatic N) is 2. The monoisotopic (exact) mass is 373 g/mol. The Morgan fingerprint density at radius 2 is 2.19 bits per heavy atom. The van der Waals surface area contributed by atoms with E-state index in [1.165, 1.54) is 0 Å². The Kier molecular flexibility index (Phi) is 5.63. The molecule has 0 aliphatic rings. The Labute approximate surface area is 156 Å². The predicted octanol–water partition coefficient (Wildman–Crippen LogP) is 3.97. The lowest BCUT2D eigenvalue weighted by Crippen LogP contribution is -2.22. The van der Waals surface area contributed by atoms with Crippen molar-refractivity contribution >= 4 is 17.5 Å². The lowest BCUT2D eigenvalue weighted by Gasteiger charge is -2.09. The summed E-state index contributed by atoms with van der Waals surface area (Å²) in [6.45, 7) is 5.31. The van der Waals surface area contributed by atoms with Gasteiger partial charge in [-0.2, -0.15) is 5.10 Å². The quantitative estimate of drug-likeness (QED) is 0.680. The van der Waals surface area contributed by atoms with Gasteiger partial charge in [0.25, 0.3) is 5.91 Å². The Balaban J connectivity index is 1.56. The number of carbonyl (C=O) groups is 1. The molecule has 0 saturated heterocycles. The van der Waals surface area contributed by atoms with Crippen molar-refractivity contribution in [3.05, 3.63) is 70.4 Å². The number of rotatable bonds is 7. The van der Waals surface area contributed by atoms with Gasteiger partial charge in [0, 0.05) is 24.8 Å². The summed E-state index contributed by atoms with van der Waals surface area (Å²) >= 11 is 6.14. The smallest absolute Gasteiger partial charge is 0.287 e. The third-order valence-electron chi connectivity index (χ3n) is 3.87. The Morgan fingerprint density at radius 3 is 2.92 bits per heavy atom. The molecule has 2 heterocycles. The maximum Gasteiger partial charge on any atom is 0.287 e. The number of aromatic nitrogens is 2. The molecule has 0 aliphatic heterocycles. The Bertz CT molecular complexity index is 881. The molecule has 0 fully saturated rings. The fourth-order valence-corrected chi connectivity index (χ4v) is 2.74. The van der Waals surface area contributed by atoms with Gasteiger partial charge >= 0.3 is 0 Å². The van der Waals surface area contributed by atoms with E-state index in [1.54, 1.807) is 29.1 Å². The molecule has 3 aromatic rings. The highest BCUT2D eigenvalue weighted by Crippen LogP contribution is 2.28. The molecule has 3 rings (SSSR count). The van der Waals surface area contributed by atoms with E-state index in [0.717, 1.165) is 17.7 Å². The molecule has 0 unspecified atom stereocenters. The molecule has 1 N–H and O–H groups in total. The largest absolute Gasteiger partial charge is 0.484 e. The van der Waals surface area contributed by atoms with Crippen molar-refractivity contribution < 1.29 is 13.9 Å². The zero-order valence-electron chi connectivity index (χ0n) is 14.7. The highest BCUT2D eigenvalue weighted by Gasteiger charge is 2.13. The van der Waals surface area contributed by atoms with Crippen molar-refractivity contribution in [2.24, 2.45) is 0 Å². The van der Waals surface area contributed by atoms with Crippen LogP contribution in [0, 0.1) is 6.92 Å². The summed E-state index contributed by atoms with van der Waals surface area (Å²) in [5, 5.41) is 7.53. The number of para-hydroxylation sites is 1. The van der Waals surface area contributed by atoms with E-state index in [2.05, 4.69) is 10.4 Å². The fraction of sp³-hybridized carbons (Fsp3) is 0.263. The van der Waals surface area contributed by atoms with E-state index in [-0.39, 0.29) is 18.3 Å². The minimum Gasteiger partial charge on any atom is -0.484 e. The van der Waals surface area contributed by atoms with Gasteiger partial charge in [0.2, 0.25) is 0 Å². The molecule has 2 aromatic heterocycles. The number of benzene rings is 1. The van der Waals surface area contributed by atoms with Crippen LogP contribution >= 0.6 is 11.6 Å². The summed E-state index contributed by atoms with van der Waals surface area (Å²) in [7, 11) is 0. The van der Waals surface area contributed by atoms with Crippen molar-refractivity contribution in [1.29, 1.82) is 0 Å². The average Bonchev–Trinajstić information content (AvgIpc) is 3.28. The van der Waals surface area contributed by atoms with Crippen molar-refractivity contribution in [2.75, 3.05) is 0 Å². The predicted molar refractivity (Wildman–Crippen MR) is 98.3 cm³/mol. The molecule has 0 radical (unpaired) electrons. The van der Waals surface area contributed by atoms with Crippen molar-refractivity contribution in [3.63, 3.8) is 0 Å². The van der Waals surface area contributed by atoms with Crippen LogP contribution in [0.5, 0.6) is 5.75 Å². The molecule has 0 spiro atoms. The number of hydrogen-bond acceptors (Lipinski definition) is 4. The van der Waals surface area contributed by atoms with Crippen molar-refractivity contribution in [3.8, 4) is 5.75 Å². The number of amides is 1. The maximum atomic E-state index is 12.2.